The lowest BCUT2D eigenvalue weighted by molar-refractivity contribution is 0.445. The molecule has 1 atom stereocenters. The Bertz CT molecular complexity index is 450. The molecule has 1 aromatic heterocycles. The molecule has 1 unspecified atom stereocenters. The molecule has 0 bridgehead atoms. The second-order valence-electron chi connectivity index (χ2n) is 4.62. The maximum atomic E-state index is 12.7. The van der Waals surface area contributed by atoms with Gasteiger partial charge < -0.3 is 9.88 Å². The number of halogens is 1. The Morgan fingerprint density at radius 1 is 1.33 bits per heavy atom. The van der Waals surface area contributed by atoms with E-state index in [-0.39, 0.29) is 5.82 Å². The molecule has 1 aromatic carbocycles. The first-order valence-corrected chi connectivity index (χ1v) is 6.15. The minimum atomic E-state index is -0.188. The van der Waals surface area contributed by atoms with Crippen LogP contribution in [0.5, 0.6) is 0 Å². The van der Waals surface area contributed by atoms with Gasteiger partial charge in [0.15, 0.2) is 0 Å². The van der Waals surface area contributed by atoms with Gasteiger partial charge in [-0.2, -0.15) is 0 Å². The van der Waals surface area contributed by atoms with Crippen LogP contribution in [0.15, 0.2) is 43.0 Å². The molecule has 3 nitrogen and oxygen atoms in total. The average molecular weight is 247 g/mol. The number of benzene rings is 1. The fourth-order valence-corrected chi connectivity index (χ4v) is 1.88. The summed E-state index contributed by atoms with van der Waals surface area (Å²) in [5.74, 6) is 0.340. The molecule has 0 fully saturated rings. The lowest BCUT2D eigenvalue weighted by atomic mass is 10.1. The highest BCUT2D eigenvalue weighted by Crippen LogP contribution is 2.03. The molecule has 0 saturated carbocycles. The second kappa shape index (κ2) is 6.31. The van der Waals surface area contributed by atoms with Gasteiger partial charge in [0.1, 0.15) is 5.82 Å². The van der Waals surface area contributed by atoms with Gasteiger partial charge in [0.05, 0.1) is 6.33 Å². The number of aromatic nitrogens is 2. The van der Waals surface area contributed by atoms with Crippen molar-refractivity contribution in [2.45, 2.75) is 20.0 Å². The Balaban J connectivity index is 1.70. The van der Waals surface area contributed by atoms with Crippen LogP contribution in [0.25, 0.3) is 0 Å². The van der Waals surface area contributed by atoms with E-state index in [0.29, 0.717) is 5.92 Å². The van der Waals surface area contributed by atoms with E-state index in [9.17, 15) is 4.39 Å². The first-order valence-electron chi connectivity index (χ1n) is 6.15. The minimum Gasteiger partial charge on any atom is -0.337 e. The molecular weight excluding hydrogens is 229 g/mol. The molecule has 96 valence electrons. The van der Waals surface area contributed by atoms with Crippen LogP contribution in [0.4, 0.5) is 4.39 Å². The molecule has 0 spiro atoms. The summed E-state index contributed by atoms with van der Waals surface area (Å²) in [7, 11) is 0. The summed E-state index contributed by atoms with van der Waals surface area (Å²) < 4.78 is 14.8. The van der Waals surface area contributed by atoms with Crippen LogP contribution in [-0.2, 0) is 13.1 Å². The fraction of sp³-hybridized carbons (Fsp3) is 0.357. The largest absolute Gasteiger partial charge is 0.337 e. The first kappa shape index (κ1) is 12.8. The fourth-order valence-electron chi connectivity index (χ4n) is 1.88. The maximum absolute atomic E-state index is 12.7. The van der Waals surface area contributed by atoms with E-state index in [1.165, 1.54) is 12.1 Å². The molecule has 1 heterocycles. The lowest BCUT2D eigenvalue weighted by Gasteiger charge is -2.13. The quantitative estimate of drug-likeness (QED) is 0.849. The van der Waals surface area contributed by atoms with Crippen LogP contribution in [0.1, 0.15) is 12.5 Å². The smallest absolute Gasteiger partial charge is 0.123 e. The molecule has 0 aliphatic heterocycles. The van der Waals surface area contributed by atoms with Gasteiger partial charge in [-0.3, -0.25) is 0 Å². The zero-order valence-electron chi connectivity index (χ0n) is 10.5. The van der Waals surface area contributed by atoms with Gasteiger partial charge in [-0.15, -0.1) is 0 Å². The molecule has 18 heavy (non-hydrogen) atoms. The van der Waals surface area contributed by atoms with Crippen LogP contribution in [0.3, 0.4) is 0 Å². The summed E-state index contributed by atoms with van der Waals surface area (Å²) in [4.78, 5) is 4.02. The van der Waals surface area contributed by atoms with Gasteiger partial charge >= 0.3 is 0 Å². The molecule has 0 aliphatic rings. The maximum Gasteiger partial charge on any atom is 0.123 e. The number of nitrogens with one attached hydrogen (secondary N) is 1. The Hall–Kier alpha value is -1.68. The van der Waals surface area contributed by atoms with Crippen molar-refractivity contribution in [3.05, 3.63) is 54.4 Å². The van der Waals surface area contributed by atoms with Crippen LogP contribution in [0.2, 0.25) is 0 Å². The van der Waals surface area contributed by atoms with Crippen LogP contribution in [0, 0.1) is 11.7 Å². The van der Waals surface area contributed by atoms with E-state index in [1.54, 1.807) is 6.20 Å². The molecule has 0 amide bonds. The molecule has 2 aromatic rings. The standard InChI is InChI=1S/C14H18FN3/c1-12(10-18-7-6-16-11-18)8-17-9-13-2-4-14(15)5-3-13/h2-7,11-12,17H,8-10H2,1H3. The molecule has 0 saturated heterocycles. The third kappa shape index (κ3) is 3.96. The summed E-state index contributed by atoms with van der Waals surface area (Å²) in [6, 6.07) is 6.60. The van der Waals surface area contributed by atoms with Crippen molar-refractivity contribution >= 4 is 0 Å². The molecule has 0 radical (unpaired) electrons. The summed E-state index contributed by atoms with van der Waals surface area (Å²) in [6.45, 7) is 4.85. The van der Waals surface area contributed by atoms with Crippen molar-refractivity contribution in [1.29, 1.82) is 0 Å². The molecule has 1 N–H and O–H groups in total. The lowest BCUT2D eigenvalue weighted by Crippen LogP contribution is -2.23. The van der Waals surface area contributed by atoms with Crippen molar-refractivity contribution in [1.82, 2.24) is 14.9 Å². The number of nitrogens with zero attached hydrogens (tertiary/aromatic N) is 2. The van der Waals surface area contributed by atoms with Gasteiger partial charge in [-0.25, -0.2) is 9.37 Å². The minimum absolute atomic E-state index is 0.188. The number of hydrogen-bond donors (Lipinski definition) is 1. The van der Waals surface area contributed by atoms with Gasteiger partial charge in [0.25, 0.3) is 0 Å². The third-order valence-corrected chi connectivity index (χ3v) is 2.82. The van der Waals surface area contributed by atoms with E-state index in [2.05, 4.69) is 21.8 Å². The van der Waals surface area contributed by atoms with Crippen LogP contribution in [-0.4, -0.2) is 16.1 Å². The summed E-state index contributed by atoms with van der Waals surface area (Å²) in [5.41, 5.74) is 1.10. The predicted molar refractivity (Wildman–Crippen MR) is 69.5 cm³/mol. The van der Waals surface area contributed by atoms with E-state index in [1.807, 2.05) is 24.7 Å². The highest BCUT2D eigenvalue weighted by Gasteiger charge is 2.02. The van der Waals surface area contributed by atoms with Crippen LogP contribution >= 0.6 is 0 Å². The van der Waals surface area contributed by atoms with E-state index in [0.717, 1.165) is 25.2 Å². The predicted octanol–water partition coefficient (Wildman–Crippen LogP) is 2.45. The molecule has 2 rings (SSSR count). The topological polar surface area (TPSA) is 29.9 Å². The molecule has 0 aliphatic carbocycles. The van der Waals surface area contributed by atoms with Crippen molar-refractivity contribution in [3.63, 3.8) is 0 Å². The van der Waals surface area contributed by atoms with Crippen molar-refractivity contribution < 1.29 is 4.39 Å². The van der Waals surface area contributed by atoms with Crippen LogP contribution < -0.4 is 5.32 Å². The van der Waals surface area contributed by atoms with Crippen molar-refractivity contribution in [3.8, 4) is 0 Å². The third-order valence-electron chi connectivity index (χ3n) is 2.82. The number of imidazole rings is 1. The number of hydrogen-bond acceptors (Lipinski definition) is 2. The van der Waals surface area contributed by atoms with Gasteiger partial charge in [-0.1, -0.05) is 19.1 Å². The normalized spacial score (nSPS) is 12.6. The monoisotopic (exact) mass is 247 g/mol. The Labute approximate surface area is 107 Å². The molecular formula is C14H18FN3. The van der Waals surface area contributed by atoms with E-state index in [4.69, 9.17) is 0 Å². The highest BCUT2D eigenvalue weighted by molar-refractivity contribution is 5.15. The Morgan fingerprint density at radius 3 is 2.78 bits per heavy atom. The van der Waals surface area contributed by atoms with Crippen molar-refractivity contribution in [2.75, 3.05) is 6.54 Å². The van der Waals surface area contributed by atoms with E-state index >= 15 is 0 Å². The first-order chi connectivity index (χ1) is 8.74. The van der Waals surface area contributed by atoms with Gasteiger partial charge in [-0.05, 0) is 30.2 Å². The number of rotatable bonds is 6. The highest BCUT2D eigenvalue weighted by atomic mass is 19.1. The van der Waals surface area contributed by atoms with Gasteiger partial charge in [0, 0.05) is 25.5 Å². The molecule has 4 heteroatoms. The Morgan fingerprint density at radius 2 is 2.11 bits per heavy atom. The zero-order chi connectivity index (χ0) is 12.8. The summed E-state index contributed by atoms with van der Waals surface area (Å²) in [6.07, 6.45) is 5.59. The SMILES string of the molecule is CC(CNCc1ccc(F)cc1)Cn1ccnc1. The average Bonchev–Trinajstić information content (AvgIpc) is 2.84. The Kier molecular flexibility index (Phi) is 4.47. The summed E-state index contributed by atoms with van der Waals surface area (Å²) >= 11 is 0. The summed E-state index contributed by atoms with van der Waals surface area (Å²) in [5, 5.41) is 3.38. The zero-order valence-corrected chi connectivity index (χ0v) is 10.5. The van der Waals surface area contributed by atoms with Gasteiger partial charge in [0.2, 0.25) is 0 Å². The van der Waals surface area contributed by atoms with E-state index < -0.39 is 0 Å². The van der Waals surface area contributed by atoms with Crippen molar-refractivity contribution in [2.24, 2.45) is 5.92 Å². The second-order valence-corrected chi connectivity index (χ2v) is 4.62.